The summed E-state index contributed by atoms with van der Waals surface area (Å²) in [6.45, 7) is 2.06. The smallest absolute Gasteiger partial charge is 0.342 e. The molecule has 0 bridgehead atoms. The summed E-state index contributed by atoms with van der Waals surface area (Å²) in [5.74, 6) is -0.0379. The molecule has 1 aromatic heterocycles. The van der Waals surface area contributed by atoms with Gasteiger partial charge in [-0.2, -0.15) is 0 Å². The maximum Gasteiger partial charge on any atom is 0.342 e. The van der Waals surface area contributed by atoms with Gasteiger partial charge in [0.25, 0.3) is 5.22 Å². The zero-order chi connectivity index (χ0) is 20.9. The molecule has 30 heavy (non-hydrogen) atoms. The first-order chi connectivity index (χ1) is 14.6. The largest absolute Gasteiger partial charge is 0.489 e. The molecule has 4 rings (SSSR count). The van der Waals surface area contributed by atoms with Gasteiger partial charge in [-0.1, -0.05) is 54.6 Å². The molecule has 0 amide bonds. The van der Waals surface area contributed by atoms with Crippen LogP contribution < -0.4 is 4.74 Å². The Labute approximate surface area is 177 Å². The summed E-state index contributed by atoms with van der Waals surface area (Å²) >= 11 is 0.910. The summed E-state index contributed by atoms with van der Waals surface area (Å²) in [5, 5.41) is 19.6. The van der Waals surface area contributed by atoms with Crippen LogP contribution in [0.4, 0.5) is 0 Å². The van der Waals surface area contributed by atoms with Crippen molar-refractivity contribution in [1.82, 2.24) is 10.2 Å². The third kappa shape index (κ3) is 4.69. The first-order valence-electron chi connectivity index (χ1n) is 9.21. The van der Waals surface area contributed by atoms with Crippen molar-refractivity contribution in [1.29, 1.82) is 0 Å². The number of thioether (sulfide) groups is 1. The normalized spacial score (nSPS) is 11.6. The predicted molar refractivity (Wildman–Crippen MR) is 115 cm³/mol. The molecule has 0 saturated heterocycles. The lowest BCUT2D eigenvalue weighted by atomic mass is 10.1. The summed E-state index contributed by atoms with van der Waals surface area (Å²) in [6, 6.07) is 21.6. The Morgan fingerprint density at radius 1 is 1.10 bits per heavy atom. The SMILES string of the molecule is Cc1nnc(S/C(=C\c2cccc(OCc3cccc4ccccc34)c2)C(=O)O)o1. The molecule has 0 fully saturated rings. The first kappa shape index (κ1) is 19.7. The van der Waals surface area contributed by atoms with Gasteiger partial charge in [0.1, 0.15) is 17.3 Å². The zero-order valence-corrected chi connectivity index (χ0v) is 16.9. The van der Waals surface area contributed by atoms with Gasteiger partial charge >= 0.3 is 5.97 Å². The van der Waals surface area contributed by atoms with Crippen LogP contribution in [-0.4, -0.2) is 21.3 Å². The molecule has 0 aliphatic carbocycles. The summed E-state index contributed by atoms with van der Waals surface area (Å²) in [4.78, 5) is 11.7. The second-order valence-electron chi connectivity index (χ2n) is 6.50. The van der Waals surface area contributed by atoms with E-state index in [0.29, 0.717) is 23.8 Å². The van der Waals surface area contributed by atoms with Crippen LogP contribution in [0, 0.1) is 6.92 Å². The van der Waals surface area contributed by atoms with Crippen molar-refractivity contribution in [3.05, 3.63) is 88.7 Å². The number of aliphatic carboxylic acids is 1. The number of ether oxygens (including phenoxy) is 1. The van der Waals surface area contributed by atoms with Gasteiger partial charge in [0.05, 0.1) is 0 Å². The molecule has 3 aromatic carbocycles. The van der Waals surface area contributed by atoms with Crippen LogP contribution in [0.25, 0.3) is 16.8 Å². The first-order valence-corrected chi connectivity index (χ1v) is 10.0. The van der Waals surface area contributed by atoms with Crippen molar-refractivity contribution in [3.63, 3.8) is 0 Å². The van der Waals surface area contributed by atoms with E-state index in [1.165, 1.54) is 0 Å². The molecule has 0 atom stereocenters. The third-order valence-electron chi connectivity index (χ3n) is 4.35. The standard InChI is InChI=1S/C23H18N2O4S/c1-15-24-25-23(29-15)30-21(22(26)27)13-16-6-4-10-19(12-16)28-14-18-9-5-8-17-7-2-3-11-20(17)18/h2-13H,14H2,1H3,(H,26,27)/b21-13-. The fourth-order valence-corrected chi connectivity index (χ4v) is 3.69. The molecule has 6 nitrogen and oxygen atoms in total. The number of hydrogen-bond donors (Lipinski definition) is 1. The van der Waals surface area contributed by atoms with E-state index in [2.05, 4.69) is 28.4 Å². The van der Waals surface area contributed by atoms with E-state index in [1.54, 1.807) is 19.1 Å². The van der Waals surface area contributed by atoms with Gasteiger partial charge in [-0.05, 0) is 51.9 Å². The Bertz CT molecular complexity index is 1230. The van der Waals surface area contributed by atoms with Crippen LogP contribution in [0.1, 0.15) is 17.0 Å². The fraction of sp³-hybridized carbons (Fsp3) is 0.0870. The maximum absolute atomic E-state index is 11.6. The van der Waals surface area contributed by atoms with Gasteiger partial charge in [-0.25, -0.2) is 4.79 Å². The number of aryl methyl sites for hydroxylation is 1. The van der Waals surface area contributed by atoms with Gasteiger partial charge in [0.2, 0.25) is 5.89 Å². The van der Waals surface area contributed by atoms with E-state index in [1.807, 2.05) is 42.5 Å². The van der Waals surface area contributed by atoms with E-state index in [9.17, 15) is 9.90 Å². The number of nitrogens with zero attached hydrogens (tertiary/aromatic N) is 2. The Morgan fingerprint density at radius 3 is 2.70 bits per heavy atom. The molecule has 0 aliphatic rings. The monoisotopic (exact) mass is 418 g/mol. The van der Waals surface area contributed by atoms with Gasteiger partial charge < -0.3 is 14.3 Å². The van der Waals surface area contributed by atoms with Crippen molar-refractivity contribution in [2.24, 2.45) is 0 Å². The van der Waals surface area contributed by atoms with Crippen molar-refractivity contribution >= 4 is 34.6 Å². The van der Waals surface area contributed by atoms with Gasteiger partial charge in [0.15, 0.2) is 0 Å². The fourth-order valence-electron chi connectivity index (χ4n) is 2.97. The minimum absolute atomic E-state index is 0.0739. The lowest BCUT2D eigenvalue weighted by Crippen LogP contribution is -1.98. The van der Waals surface area contributed by atoms with Crippen molar-refractivity contribution in [2.45, 2.75) is 18.8 Å². The molecule has 1 heterocycles. The van der Waals surface area contributed by atoms with Gasteiger partial charge in [0, 0.05) is 6.92 Å². The Morgan fingerprint density at radius 2 is 1.90 bits per heavy atom. The highest BCUT2D eigenvalue weighted by Crippen LogP contribution is 2.28. The molecule has 0 radical (unpaired) electrons. The summed E-state index contributed by atoms with van der Waals surface area (Å²) in [7, 11) is 0. The van der Waals surface area contributed by atoms with Gasteiger partial charge in [-0.3, -0.25) is 0 Å². The molecule has 7 heteroatoms. The third-order valence-corrected chi connectivity index (χ3v) is 5.20. The van der Waals surface area contributed by atoms with Crippen LogP contribution in [0.2, 0.25) is 0 Å². The van der Waals surface area contributed by atoms with Gasteiger partial charge in [-0.15, -0.1) is 10.2 Å². The number of aromatic nitrogens is 2. The average Bonchev–Trinajstić information content (AvgIpc) is 3.16. The maximum atomic E-state index is 11.6. The molecular formula is C23H18N2O4S. The number of carboxylic acid groups (broad SMARTS) is 1. The summed E-state index contributed by atoms with van der Waals surface area (Å²) in [5.41, 5.74) is 1.79. The van der Waals surface area contributed by atoms with E-state index in [4.69, 9.17) is 9.15 Å². The molecule has 1 N–H and O–H groups in total. The molecule has 4 aromatic rings. The second-order valence-corrected chi connectivity index (χ2v) is 7.50. The molecule has 150 valence electrons. The Balaban J connectivity index is 1.52. The van der Waals surface area contributed by atoms with Crippen LogP contribution in [-0.2, 0) is 11.4 Å². The van der Waals surface area contributed by atoms with E-state index in [0.717, 1.165) is 28.1 Å². The highest BCUT2D eigenvalue weighted by atomic mass is 32.2. The quantitative estimate of drug-likeness (QED) is 0.321. The highest BCUT2D eigenvalue weighted by Gasteiger charge is 2.14. The van der Waals surface area contributed by atoms with E-state index in [-0.39, 0.29) is 10.1 Å². The van der Waals surface area contributed by atoms with E-state index < -0.39 is 5.97 Å². The molecule has 0 aliphatic heterocycles. The number of benzene rings is 3. The molecular weight excluding hydrogens is 400 g/mol. The lowest BCUT2D eigenvalue weighted by Gasteiger charge is -2.10. The second kappa shape index (κ2) is 8.84. The zero-order valence-electron chi connectivity index (χ0n) is 16.1. The van der Waals surface area contributed by atoms with Crippen LogP contribution in [0.5, 0.6) is 5.75 Å². The summed E-state index contributed by atoms with van der Waals surface area (Å²) in [6.07, 6.45) is 1.55. The minimum atomic E-state index is -1.07. The average molecular weight is 418 g/mol. The summed E-state index contributed by atoms with van der Waals surface area (Å²) < 4.78 is 11.2. The Hall–Kier alpha value is -3.58. The number of carboxylic acids is 1. The number of rotatable bonds is 7. The molecule has 0 unspecified atom stereocenters. The number of hydrogen-bond acceptors (Lipinski definition) is 6. The topological polar surface area (TPSA) is 85.5 Å². The molecule has 0 spiro atoms. The van der Waals surface area contributed by atoms with Crippen molar-refractivity contribution in [3.8, 4) is 5.75 Å². The minimum Gasteiger partial charge on any atom is -0.489 e. The van der Waals surface area contributed by atoms with Crippen molar-refractivity contribution in [2.75, 3.05) is 0 Å². The van der Waals surface area contributed by atoms with Crippen LogP contribution in [0.3, 0.4) is 0 Å². The number of fused-ring (bicyclic) bond motifs is 1. The highest BCUT2D eigenvalue weighted by molar-refractivity contribution is 8.03. The van der Waals surface area contributed by atoms with E-state index >= 15 is 0 Å². The van der Waals surface area contributed by atoms with Crippen LogP contribution in [0.15, 0.2) is 81.3 Å². The predicted octanol–water partition coefficient (Wildman–Crippen LogP) is 5.33. The number of carbonyl (C=O) groups is 1. The Kier molecular flexibility index (Phi) is 5.81. The molecule has 0 saturated carbocycles. The van der Waals surface area contributed by atoms with Crippen LogP contribution >= 0.6 is 11.8 Å². The van der Waals surface area contributed by atoms with Crippen molar-refractivity contribution < 1.29 is 19.1 Å². The lowest BCUT2D eigenvalue weighted by molar-refractivity contribution is -0.131.